The van der Waals surface area contributed by atoms with Gasteiger partial charge in [0.2, 0.25) is 0 Å². The lowest BCUT2D eigenvalue weighted by Crippen LogP contribution is -2.03. The molecule has 0 aliphatic rings. The van der Waals surface area contributed by atoms with Gasteiger partial charge in [-0.05, 0) is 18.2 Å². The van der Waals surface area contributed by atoms with Crippen LogP contribution in [-0.2, 0) is 12.4 Å². The number of hydrogen-bond acceptors (Lipinski definition) is 3. The van der Waals surface area contributed by atoms with Crippen LogP contribution in [0.4, 0.5) is 0 Å². The Bertz CT molecular complexity index is 678. The van der Waals surface area contributed by atoms with E-state index in [9.17, 15) is 0 Å². The molecule has 0 radical (unpaired) electrons. The van der Waals surface area contributed by atoms with E-state index < -0.39 is 0 Å². The Morgan fingerprint density at radius 2 is 2.28 bits per heavy atom. The van der Waals surface area contributed by atoms with Gasteiger partial charge in [-0.3, -0.25) is 0 Å². The lowest BCUT2D eigenvalue weighted by Gasteiger charge is -2.05. The zero-order chi connectivity index (χ0) is 12.5. The standard InChI is InChI=1S/C12H9BrClN3S/c13-8-1-2-11-10(3-8)16-12(4-14)17(11)5-9-6-18-7-15-9/h1-3,6-7H,4-5H2. The summed E-state index contributed by atoms with van der Waals surface area (Å²) in [6, 6.07) is 6.07. The summed E-state index contributed by atoms with van der Waals surface area (Å²) in [6.45, 7) is 0.712. The van der Waals surface area contributed by atoms with Gasteiger partial charge in [0.1, 0.15) is 5.82 Å². The Labute approximate surface area is 122 Å². The van der Waals surface area contributed by atoms with Crippen LogP contribution in [0.25, 0.3) is 11.0 Å². The van der Waals surface area contributed by atoms with Crippen LogP contribution in [0.15, 0.2) is 33.6 Å². The van der Waals surface area contributed by atoms with Crippen LogP contribution in [-0.4, -0.2) is 14.5 Å². The van der Waals surface area contributed by atoms with E-state index in [2.05, 4.69) is 36.5 Å². The predicted octanol–water partition coefficient (Wildman–Crippen LogP) is 4.04. The first-order valence-corrected chi connectivity index (χ1v) is 7.62. The molecular formula is C12H9BrClN3S. The number of aromatic nitrogens is 3. The highest BCUT2D eigenvalue weighted by Gasteiger charge is 2.11. The maximum atomic E-state index is 5.97. The number of benzene rings is 1. The van der Waals surface area contributed by atoms with E-state index in [0.717, 1.165) is 27.0 Å². The van der Waals surface area contributed by atoms with E-state index in [0.29, 0.717) is 12.4 Å². The summed E-state index contributed by atoms with van der Waals surface area (Å²) in [7, 11) is 0. The number of halogens is 2. The highest BCUT2D eigenvalue weighted by molar-refractivity contribution is 9.10. The van der Waals surface area contributed by atoms with E-state index in [4.69, 9.17) is 11.6 Å². The summed E-state index contributed by atoms with van der Waals surface area (Å²) in [6.07, 6.45) is 0. The molecule has 92 valence electrons. The highest BCUT2D eigenvalue weighted by atomic mass is 79.9. The van der Waals surface area contributed by atoms with Gasteiger partial charge in [0.05, 0.1) is 34.7 Å². The maximum absolute atomic E-state index is 5.97. The normalized spacial score (nSPS) is 11.2. The third kappa shape index (κ3) is 2.18. The van der Waals surface area contributed by atoms with Crippen LogP contribution < -0.4 is 0 Å². The summed E-state index contributed by atoms with van der Waals surface area (Å²) < 4.78 is 3.14. The molecule has 18 heavy (non-hydrogen) atoms. The van der Waals surface area contributed by atoms with Gasteiger partial charge in [-0.15, -0.1) is 22.9 Å². The minimum atomic E-state index is 0.399. The molecule has 3 nitrogen and oxygen atoms in total. The van der Waals surface area contributed by atoms with Crippen molar-refractivity contribution in [2.24, 2.45) is 0 Å². The van der Waals surface area contributed by atoms with Crippen molar-refractivity contribution in [3.63, 3.8) is 0 Å². The average molecular weight is 343 g/mol. The van der Waals surface area contributed by atoms with Crippen molar-refractivity contribution in [2.45, 2.75) is 12.4 Å². The molecule has 0 aliphatic carbocycles. The summed E-state index contributed by atoms with van der Waals surface area (Å²) in [5, 5.41) is 2.04. The molecule has 0 fully saturated rings. The number of imidazole rings is 1. The fourth-order valence-corrected chi connectivity index (χ4v) is 3.01. The molecule has 0 saturated carbocycles. The first-order chi connectivity index (χ1) is 8.78. The van der Waals surface area contributed by atoms with Gasteiger partial charge in [-0.2, -0.15) is 0 Å². The molecule has 0 bridgehead atoms. The molecule has 0 N–H and O–H groups in total. The van der Waals surface area contributed by atoms with Crippen molar-refractivity contribution in [2.75, 3.05) is 0 Å². The largest absolute Gasteiger partial charge is 0.321 e. The number of alkyl halides is 1. The highest BCUT2D eigenvalue weighted by Crippen LogP contribution is 2.22. The van der Waals surface area contributed by atoms with Crippen LogP contribution >= 0.6 is 38.9 Å². The molecule has 0 saturated heterocycles. The fourth-order valence-electron chi connectivity index (χ4n) is 1.91. The van der Waals surface area contributed by atoms with Gasteiger partial charge < -0.3 is 4.57 Å². The number of nitrogens with zero attached hydrogens (tertiary/aromatic N) is 3. The summed E-state index contributed by atoms with van der Waals surface area (Å²) in [5.74, 6) is 1.27. The van der Waals surface area contributed by atoms with Gasteiger partial charge in [0.25, 0.3) is 0 Å². The zero-order valence-corrected chi connectivity index (χ0v) is 12.5. The van der Waals surface area contributed by atoms with Crippen LogP contribution in [0.1, 0.15) is 11.5 Å². The van der Waals surface area contributed by atoms with E-state index in [1.165, 1.54) is 0 Å². The summed E-state index contributed by atoms with van der Waals surface area (Å²) in [5.41, 5.74) is 4.91. The van der Waals surface area contributed by atoms with Gasteiger partial charge in [0.15, 0.2) is 0 Å². The molecule has 0 unspecified atom stereocenters. The Morgan fingerprint density at radius 3 is 3.00 bits per heavy atom. The van der Waals surface area contributed by atoms with E-state index in [-0.39, 0.29) is 0 Å². The first-order valence-electron chi connectivity index (χ1n) is 5.35. The van der Waals surface area contributed by atoms with Gasteiger partial charge in [-0.1, -0.05) is 15.9 Å². The summed E-state index contributed by atoms with van der Waals surface area (Å²) >= 11 is 11.0. The van der Waals surface area contributed by atoms with Crippen molar-refractivity contribution >= 4 is 49.9 Å². The zero-order valence-electron chi connectivity index (χ0n) is 9.31. The Morgan fingerprint density at radius 1 is 1.39 bits per heavy atom. The van der Waals surface area contributed by atoms with Crippen molar-refractivity contribution in [1.82, 2.24) is 14.5 Å². The number of thiazole rings is 1. The quantitative estimate of drug-likeness (QED) is 0.673. The molecule has 0 atom stereocenters. The van der Waals surface area contributed by atoms with Crippen LogP contribution in [0, 0.1) is 0 Å². The van der Waals surface area contributed by atoms with Crippen LogP contribution in [0.5, 0.6) is 0 Å². The smallest absolute Gasteiger partial charge is 0.125 e. The SMILES string of the molecule is ClCc1nc2cc(Br)ccc2n1Cc1cscn1. The third-order valence-corrected chi connectivity index (χ3v) is 4.08. The maximum Gasteiger partial charge on any atom is 0.125 e. The molecule has 0 aliphatic heterocycles. The second kappa shape index (κ2) is 4.99. The van der Waals surface area contributed by atoms with E-state index in [1.807, 2.05) is 23.0 Å². The van der Waals surface area contributed by atoms with Crippen molar-refractivity contribution in [3.05, 3.63) is 45.1 Å². The first kappa shape index (κ1) is 12.1. The lowest BCUT2D eigenvalue weighted by atomic mass is 10.3. The molecule has 6 heteroatoms. The number of hydrogen-bond donors (Lipinski definition) is 0. The van der Waals surface area contributed by atoms with Gasteiger partial charge in [-0.25, -0.2) is 9.97 Å². The third-order valence-electron chi connectivity index (χ3n) is 2.71. The van der Waals surface area contributed by atoms with E-state index in [1.54, 1.807) is 11.3 Å². The summed E-state index contributed by atoms with van der Waals surface area (Å²) in [4.78, 5) is 8.86. The second-order valence-electron chi connectivity index (χ2n) is 3.86. The topological polar surface area (TPSA) is 30.7 Å². The predicted molar refractivity (Wildman–Crippen MR) is 78.2 cm³/mol. The van der Waals surface area contributed by atoms with Crippen molar-refractivity contribution in [1.29, 1.82) is 0 Å². The molecule has 3 rings (SSSR count). The number of fused-ring (bicyclic) bond motifs is 1. The Kier molecular flexibility index (Phi) is 3.37. The Balaban J connectivity index is 2.13. The average Bonchev–Trinajstić information content (AvgIpc) is 2.97. The van der Waals surface area contributed by atoms with Crippen LogP contribution in [0.3, 0.4) is 0 Å². The molecule has 3 aromatic rings. The molecular weight excluding hydrogens is 334 g/mol. The van der Waals surface area contributed by atoms with E-state index >= 15 is 0 Å². The monoisotopic (exact) mass is 341 g/mol. The van der Waals surface area contributed by atoms with Crippen LogP contribution in [0.2, 0.25) is 0 Å². The van der Waals surface area contributed by atoms with Gasteiger partial charge in [0, 0.05) is 9.85 Å². The fraction of sp³-hybridized carbons (Fsp3) is 0.167. The number of rotatable bonds is 3. The minimum absolute atomic E-state index is 0.399. The molecule has 2 aromatic heterocycles. The molecule has 2 heterocycles. The molecule has 0 amide bonds. The second-order valence-corrected chi connectivity index (χ2v) is 5.76. The lowest BCUT2D eigenvalue weighted by molar-refractivity contribution is 0.763. The minimum Gasteiger partial charge on any atom is -0.321 e. The molecule has 0 spiro atoms. The Hall–Kier alpha value is -0.910. The molecule has 1 aromatic carbocycles. The van der Waals surface area contributed by atoms with Gasteiger partial charge >= 0.3 is 0 Å². The van der Waals surface area contributed by atoms with Crippen molar-refractivity contribution in [3.8, 4) is 0 Å². The van der Waals surface area contributed by atoms with Crippen molar-refractivity contribution < 1.29 is 0 Å².